The normalized spacial score (nSPS) is 10.3. The number of halogens is 1. The van der Waals surface area contributed by atoms with Crippen molar-refractivity contribution in [2.45, 2.75) is 12.8 Å². The lowest BCUT2D eigenvalue weighted by atomic mass is 10.2. The fourth-order valence-electron chi connectivity index (χ4n) is 1.92. The van der Waals surface area contributed by atoms with Crippen LogP contribution in [0.2, 0.25) is 5.02 Å². The zero-order chi connectivity index (χ0) is 15.2. The van der Waals surface area contributed by atoms with Gasteiger partial charge in [0.1, 0.15) is 6.54 Å². The predicted octanol–water partition coefficient (Wildman–Crippen LogP) is 3.45. The zero-order valence-corrected chi connectivity index (χ0v) is 12.7. The lowest BCUT2D eigenvalue weighted by Crippen LogP contribution is -2.35. The van der Waals surface area contributed by atoms with E-state index in [-0.39, 0.29) is 18.9 Å². The average Bonchev–Trinajstić information content (AvgIpc) is 2.95. The van der Waals surface area contributed by atoms with Crippen molar-refractivity contribution >= 4 is 40.5 Å². The van der Waals surface area contributed by atoms with Crippen LogP contribution in [0.5, 0.6) is 0 Å². The Bertz CT molecular complexity index is 628. The number of carboxylic acid groups (broad SMARTS) is 1. The number of hydrogen-bond acceptors (Lipinski definition) is 3. The van der Waals surface area contributed by atoms with Crippen molar-refractivity contribution < 1.29 is 14.7 Å². The van der Waals surface area contributed by atoms with Crippen molar-refractivity contribution in [2.75, 3.05) is 11.4 Å². The SMILES string of the molecule is O=C(O)CN(C(=O)CCc1cccs1)c1cccc(Cl)c1. The second kappa shape index (κ2) is 7.24. The third-order valence-electron chi connectivity index (χ3n) is 2.88. The molecular weight excluding hydrogens is 310 g/mol. The maximum absolute atomic E-state index is 12.3. The van der Waals surface area contributed by atoms with Crippen LogP contribution in [0.15, 0.2) is 41.8 Å². The Balaban J connectivity index is 2.11. The van der Waals surface area contributed by atoms with E-state index < -0.39 is 5.97 Å². The number of carbonyl (C=O) groups is 2. The fraction of sp³-hybridized carbons (Fsp3) is 0.200. The van der Waals surface area contributed by atoms with Gasteiger partial charge in [-0.3, -0.25) is 9.59 Å². The summed E-state index contributed by atoms with van der Waals surface area (Å²) in [6, 6.07) is 10.5. The minimum atomic E-state index is -1.06. The van der Waals surface area contributed by atoms with E-state index in [1.54, 1.807) is 35.6 Å². The first-order chi connectivity index (χ1) is 10.1. The summed E-state index contributed by atoms with van der Waals surface area (Å²) in [6.07, 6.45) is 0.869. The highest BCUT2D eigenvalue weighted by atomic mass is 35.5. The Hall–Kier alpha value is -1.85. The van der Waals surface area contributed by atoms with Crippen LogP contribution in [0, 0.1) is 0 Å². The smallest absolute Gasteiger partial charge is 0.323 e. The van der Waals surface area contributed by atoms with E-state index >= 15 is 0 Å². The molecule has 0 unspecified atom stereocenters. The Morgan fingerprint density at radius 3 is 2.67 bits per heavy atom. The van der Waals surface area contributed by atoms with Crippen LogP contribution in [0.3, 0.4) is 0 Å². The van der Waals surface area contributed by atoms with Gasteiger partial charge in [0.05, 0.1) is 0 Å². The molecule has 0 aliphatic rings. The van der Waals surface area contributed by atoms with Crippen molar-refractivity contribution in [1.29, 1.82) is 0 Å². The van der Waals surface area contributed by atoms with Crippen LogP contribution in [0.1, 0.15) is 11.3 Å². The number of aryl methyl sites for hydroxylation is 1. The maximum Gasteiger partial charge on any atom is 0.323 e. The summed E-state index contributed by atoms with van der Waals surface area (Å²) in [4.78, 5) is 25.6. The van der Waals surface area contributed by atoms with E-state index in [9.17, 15) is 9.59 Å². The van der Waals surface area contributed by atoms with Gasteiger partial charge in [-0.2, -0.15) is 0 Å². The van der Waals surface area contributed by atoms with Crippen LogP contribution >= 0.6 is 22.9 Å². The topological polar surface area (TPSA) is 57.6 Å². The fourth-order valence-corrected chi connectivity index (χ4v) is 2.82. The highest BCUT2D eigenvalue weighted by molar-refractivity contribution is 7.09. The van der Waals surface area contributed by atoms with Crippen LogP contribution in [-0.4, -0.2) is 23.5 Å². The molecule has 0 atom stereocenters. The van der Waals surface area contributed by atoms with Gasteiger partial charge in [0, 0.05) is 22.0 Å². The third kappa shape index (κ3) is 4.58. The molecule has 4 nitrogen and oxygen atoms in total. The molecule has 0 bridgehead atoms. The molecule has 1 aromatic heterocycles. The number of hydrogen-bond donors (Lipinski definition) is 1. The first-order valence-electron chi connectivity index (χ1n) is 6.36. The molecule has 21 heavy (non-hydrogen) atoms. The molecule has 0 saturated carbocycles. The Labute approximate surface area is 131 Å². The Kier molecular flexibility index (Phi) is 5.36. The van der Waals surface area contributed by atoms with Gasteiger partial charge >= 0.3 is 5.97 Å². The summed E-state index contributed by atoms with van der Waals surface area (Å²) >= 11 is 7.49. The predicted molar refractivity (Wildman–Crippen MR) is 84.1 cm³/mol. The van der Waals surface area contributed by atoms with Crippen LogP contribution in [0.4, 0.5) is 5.69 Å². The summed E-state index contributed by atoms with van der Waals surface area (Å²) < 4.78 is 0. The largest absolute Gasteiger partial charge is 0.480 e. The highest BCUT2D eigenvalue weighted by Crippen LogP contribution is 2.21. The number of anilines is 1. The number of benzene rings is 1. The Morgan fingerprint density at radius 2 is 2.05 bits per heavy atom. The minimum absolute atomic E-state index is 0.229. The average molecular weight is 324 g/mol. The summed E-state index contributed by atoms with van der Waals surface area (Å²) in [5.41, 5.74) is 0.501. The molecule has 0 radical (unpaired) electrons. The van der Waals surface area contributed by atoms with Gasteiger partial charge in [-0.25, -0.2) is 0 Å². The van der Waals surface area contributed by atoms with Gasteiger partial charge in [0.15, 0.2) is 0 Å². The van der Waals surface area contributed by atoms with Crippen molar-refractivity contribution in [3.8, 4) is 0 Å². The van der Waals surface area contributed by atoms with E-state index in [2.05, 4.69) is 0 Å². The number of amides is 1. The summed E-state index contributed by atoms with van der Waals surface area (Å²) in [6.45, 7) is -0.371. The molecule has 2 rings (SSSR count). The molecule has 2 aromatic rings. The van der Waals surface area contributed by atoms with Gasteiger partial charge in [-0.15, -0.1) is 11.3 Å². The molecule has 0 saturated heterocycles. The minimum Gasteiger partial charge on any atom is -0.480 e. The second-order valence-corrected chi connectivity index (χ2v) is 5.90. The van der Waals surface area contributed by atoms with Crippen LogP contribution < -0.4 is 4.90 Å². The number of thiophene rings is 1. The zero-order valence-electron chi connectivity index (χ0n) is 11.2. The van der Waals surface area contributed by atoms with Crippen LogP contribution in [0.25, 0.3) is 0 Å². The van der Waals surface area contributed by atoms with Gasteiger partial charge in [-0.05, 0) is 36.1 Å². The molecule has 0 fully saturated rings. The molecule has 6 heteroatoms. The molecule has 1 heterocycles. The molecule has 1 N–H and O–H groups in total. The number of aliphatic carboxylic acids is 1. The maximum atomic E-state index is 12.3. The Morgan fingerprint density at radius 1 is 1.24 bits per heavy atom. The summed E-state index contributed by atoms with van der Waals surface area (Å²) in [5, 5.41) is 11.4. The van der Waals surface area contributed by atoms with E-state index in [1.807, 2.05) is 17.5 Å². The van der Waals surface area contributed by atoms with Crippen molar-refractivity contribution in [2.24, 2.45) is 0 Å². The first kappa shape index (κ1) is 15.5. The lowest BCUT2D eigenvalue weighted by molar-refractivity contribution is -0.136. The molecule has 110 valence electrons. The van der Waals surface area contributed by atoms with Crippen molar-refractivity contribution in [3.63, 3.8) is 0 Å². The van der Waals surface area contributed by atoms with E-state index in [1.165, 1.54) is 4.90 Å². The second-order valence-electron chi connectivity index (χ2n) is 4.43. The number of rotatable bonds is 6. The van der Waals surface area contributed by atoms with Crippen molar-refractivity contribution in [1.82, 2.24) is 0 Å². The van der Waals surface area contributed by atoms with Crippen LogP contribution in [-0.2, 0) is 16.0 Å². The molecular formula is C15H14ClNO3S. The monoisotopic (exact) mass is 323 g/mol. The first-order valence-corrected chi connectivity index (χ1v) is 7.62. The third-order valence-corrected chi connectivity index (χ3v) is 4.05. The summed E-state index contributed by atoms with van der Waals surface area (Å²) in [7, 11) is 0. The van der Waals surface area contributed by atoms with Gasteiger partial charge < -0.3 is 10.0 Å². The van der Waals surface area contributed by atoms with Gasteiger partial charge in [-0.1, -0.05) is 23.7 Å². The van der Waals surface area contributed by atoms with E-state index in [0.29, 0.717) is 17.1 Å². The highest BCUT2D eigenvalue weighted by Gasteiger charge is 2.19. The molecule has 0 spiro atoms. The quantitative estimate of drug-likeness (QED) is 0.885. The van der Waals surface area contributed by atoms with Gasteiger partial charge in [0.25, 0.3) is 0 Å². The molecule has 0 aliphatic heterocycles. The number of nitrogens with zero attached hydrogens (tertiary/aromatic N) is 1. The van der Waals surface area contributed by atoms with E-state index in [0.717, 1.165) is 4.88 Å². The number of carbonyl (C=O) groups excluding carboxylic acids is 1. The molecule has 0 aliphatic carbocycles. The van der Waals surface area contributed by atoms with Gasteiger partial charge in [0.2, 0.25) is 5.91 Å². The molecule has 1 amide bonds. The van der Waals surface area contributed by atoms with E-state index in [4.69, 9.17) is 16.7 Å². The standard InChI is InChI=1S/C15H14ClNO3S/c16-11-3-1-4-12(9-11)17(10-15(19)20)14(18)7-6-13-5-2-8-21-13/h1-5,8-9H,6-7,10H2,(H,19,20). The van der Waals surface area contributed by atoms with Crippen molar-refractivity contribution in [3.05, 3.63) is 51.7 Å². The number of carboxylic acids is 1. The summed E-state index contributed by atoms with van der Waals surface area (Å²) in [5.74, 6) is -1.28. The lowest BCUT2D eigenvalue weighted by Gasteiger charge is -2.21. The molecule has 1 aromatic carbocycles.